The Balaban J connectivity index is 2.53. The van der Waals surface area contributed by atoms with E-state index in [1.54, 1.807) is 0 Å². The summed E-state index contributed by atoms with van der Waals surface area (Å²) in [6.45, 7) is 0. The van der Waals surface area contributed by atoms with Crippen molar-refractivity contribution in [2.45, 2.75) is 0 Å². The summed E-state index contributed by atoms with van der Waals surface area (Å²) in [5, 5.41) is 0. The van der Waals surface area contributed by atoms with Crippen molar-refractivity contribution < 1.29 is 17.6 Å². The molecule has 0 aromatic carbocycles. The van der Waals surface area contributed by atoms with Crippen LogP contribution in [-0.2, 0) is 10.0 Å². The van der Waals surface area contributed by atoms with Crippen molar-refractivity contribution in [3.05, 3.63) is 24.2 Å². The maximum Gasteiger partial charge on any atom is 0.301 e. The lowest BCUT2D eigenvalue weighted by molar-refractivity contribution is 0.0917. The number of furan rings is 1. The Kier molecular flexibility index (Phi) is 2.69. The largest absolute Gasteiger partial charge is 0.459 e. The predicted octanol–water partition coefficient (Wildman–Crippen LogP) is -0.526. The van der Waals surface area contributed by atoms with Crippen LogP contribution >= 0.6 is 0 Å². The van der Waals surface area contributed by atoms with Crippen molar-refractivity contribution in [1.29, 1.82) is 0 Å². The van der Waals surface area contributed by atoms with Gasteiger partial charge >= 0.3 is 5.91 Å². The van der Waals surface area contributed by atoms with Crippen LogP contribution in [0.15, 0.2) is 22.8 Å². The van der Waals surface area contributed by atoms with E-state index in [4.69, 9.17) is 4.42 Å². The van der Waals surface area contributed by atoms with E-state index in [9.17, 15) is 13.2 Å². The molecule has 1 amide bonds. The Bertz CT molecular complexity index is 381. The minimum atomic E-state index is -3.43. The van der Waals surface area contributed by atoms with Crippen molar-refractivity contribution >= 4 is 15.9 Å². The van der Waals surface area contributed by atoms with Crippen LogP contribution in [0.25, 0.3) is 0 Å². The van der Waals surface area contributed by atoms with E-state index in [1.165, 1.54) is 18.4 Å². The van der Waals surface area contributed by atoms with Gasteiger partial charge in [-0.2, -0.15) is 0 Å². The first-order chi connectivity index (χ1) is 5.99. The highest BCUT2D eigenvalue weighted by molar-refractivity contribution is 7.88. The smallest absolute Gasteiger partial charge is 0.301 e. The molecule has 1 rings (SSSR count). The molecule has 0 fully saturated rings. The average Bonchev–Trinajstić information content (AvgIpc) is 2.50. The van der Waals surface area contributed by atoms with Gasteiger partial charge in [0.15, 0.2) is 5.76 Å². The van der Waals surface area contributed by atoms with Crippen molar-refractivity contribution in [1.82, 2.24) is 10.3 Å². The highest BCUT2D eigenvalue weighted by Crippen LogP contribution is 1.97. The van der Waals surface area contributed by atoms with Gasteiger partial charge in [-0.3, -0.25) is 10.2 Å². The van der Waals surface area contributed by atoms with Crippen molar-refractivity contribution in [2.75, 3.05) is 6.26 Å². The van der Waals surface area contributed by atoms with Crippen LogP contribution < -0.4 is 10.3 Å². The molecule has 13 heavy (non-hydrogen) atoms. The fourth-order valence-electron chi connectivity index (χ4n) is 0.608. The third kappa shape index (κ3) is 3.26. The van der Waals surface area contributed by atoms with Crippen LogP contribution in [0.3, 0.4) is 0 Å². The van der Waals surface area contributed by atoms with E-state index in [0.717, 1.165) is 6.26 Å². The summed E-state index contributed by atoms with van der Waals surface area (Å²) in [5.74, 6) is -0.605. The highest BCUT2D eigenvalue weighted by atomic mass is 32.2. The molecule has 2 N–H and O–H groups in total. The summed E-state index contributed by atoms with van der Waals surface area (Å²) in [6, 6.07) is 2.94. The second kappa shape index (κ2) is 3.58. The number of hydrazine groups is 1. The quantitative estimate of drug-likeness (QED) is 0.648. The molecule has 7 heteroatoms. The summed E-state index contributed by atoms with van der Waals surface area (Å²) in [7, 11) is -3.43. The maximum absolute atomic E-state index is 11.0. The van der Waals surface area contributed by atoms with Gasteiger partial charge in [-0.1, -0.05) is 0 Å². The van der Waals surface area contributed by atoms with E-state index >= 15 is 0 Å². The van der Waals surface area contributed by atoms with Gasteiger partial charge in [0.2, 0.25) is 10.0 Å². The van der Waals surface area contributed by atoms with Gasteiger partial charge in [0, 0.05) is 0 Å². The second-order valence-electron chi connectivity index (χ2n) is 2.31. The number of sulfonamides is 1. The van der Waals surface area contributed by atoms with Crippen LogP contribution in [0.2, 0.25) is 0 Å². The van der Waals surface area contributed by atoms with E-state index in [-0.39, 0.29) is 5.76 Å². The minimum Gasteiger partial charge on any atom is -0.459 e. The van der Waals surface area contributed by atoms with Gasteiger partial charge in [-0.05, 0) is 12.1 Å². The van der Waals surface area contributed by atoms with Gasteiger partial charge in [-0.15, -0.1) is 4.83 Å². The van der Waals surface area contributed by atoms with Crippen LogP contribution in [0.1, 0.15) is 10.6 Å². The number of nitrogens with one attached hydrogen (secondary N) is 2. The summed E-state index contributed by atoms with van der Waals surface area (Å²) in [6.07, 6.45) is 2.24. The Morgan fingerprint density at radius 2 is 2.23 bits per heavy atom. The topological polar surface area (TPSA) is 88.4 Å². The number of hydrogen-bond donors (Lipinski definition) is 2. The predicted molar refractivity (Wildman–Crippen MR) is 44.2 cm³/mol. The number of hydrogen-bond acceptors (Lipinski definition) is 4. The highest BCUT2D eigenvalue weighted by Gasteiger charge is 2.09. The molecule has 0 radical (unpaired) electrons. The van der Waals surface area contributed by atoms with E-state index < -0.39 is 15.9 Å². The van der Waals surface area contributed by atoms with Gasteiger partial charge in [0.25, 0.3) is 0 Å². The molecule has 0 spiro atoms. The molecule has 0 saturated carbocycles. The molecular formula is C6H8N2O4S. The molecule has 0 atom stereocenters. The summed E-state index contributed by atoms with van der Waals surface area (Å²) < 4.78 is 25.8. The summed E-state index contributed by atoms with van der Waals surface area (Å²) in [5.41, 5.74) is 1.95. The van der Waals surface area contributed by atoms with E-state index in [0.29, 0.717) is 0 Å². The zero-order valence-electron chi connectivity index (χ0n) is 6.77. The molecule has 1 aromatic rings. The second-order valence-corrected chi connectivity index (χ2v) is 4.05. The van der Waals surface area contributed by atoms with Gasteiger partial charge in [-0.25, -0.2) is 8.42 Å². The van der Waals surface area contributed by atoms with Crippen molar-refractivity contribution in [3.8, 4) is 0 Å². The monoisotopic (exact) mass is 204 g/mol. The van der Waals surface area contributed by atoms with Crippen LogP contribution in [0.4, 0.5) is 0 Å². The number of amides is 1. The summed E-state index contributed by atoms with van der Waals surface area (Å²) >= 11 is 0. The Hall–Kier alpha value is -1.34. The van der Waals surface area contributed by atoms with Gasteiger partial charge < -0.3 is 4.42 Å². The Labute approximate surface area is 74.9 Å². The van der Waals surface area contributed by atoms with Crippen LogP contribution in [0, 0.1) is 0 Å². The molecule has 6 nitrogen and oxygen atoms in total. The van der Waals surface area contributed by atoms with Crippen molar-refractivity contribution in [2.24, 2.45) is 0 Å². The maximum atomic E-state index is 11.0. The lowest BCUT2D eigenvalue weighted by atomic mass is 10.4. The van der Waals surface area contributed by atoms with Crippen LogP contribution in [-0.4, -0.2) is 20.6 Å². The first kappa shape index (κ1) is 9.75. The average molecular weight is 204 g/mol. The molecular weight excluding hydrogens is 196 g/mol. The lowest BCUT2D eigenvalue weighted by Gasteiger charge is -2.01. The number of carbonyl (C=O) groups excluding carboxylic acids is 1. The Morgan fingerprint density at radius 3 is 2.69 bits per heavy atom. The third-order valence-electron chi connectivity index (χ3n) is 1.09. The molecule has 0 saturated heterocycles. The minimum absolute atomic E-state index is 0.0381. The molecule has 0 bridgehead atoms. The number of carbonyl (C=O) groups is 1. The normalized spacial score (nSPS) is 11.2. The molecule has 0 aliphatic heterocycles. The van der Waals surface area contributed by atoms with Gasteiger partial charge in [0.1, 0.15) is 0 Å². The molecule has 0 aliphatic carbocycles. The Morgan fingerprint density at radius 1 is 1.54 bits per heavy atom. The van der Waals surface area contributed by atoms with Crippen LogP contribution in [0.5, 0.6) is 0 Å². The third-order valence-corrected chi connectivity index (χ3v) is 1.57. The summed E-state index contributed by atoms with van der Waals surface area (Å²) in [4.78, 5) is 12.8. The molecule has 72 valence electrons. The lowest BCUT2D eigenvalue weighted by Crippen LogP contribution is -2.40. The zero-order chi connectivity index (χ0) is 9.90. The number of rotatable bonds is 3. The first-order valence-electron chi connectivity index (χ1n) is 3.29. The zero-order valence-corrected chi connectivity index (χ0v) is 7.59. The molecule has 1 aromatic heterocycles. The molecule has 0 unspecified atom stereocenters. The van der Waals surface area contributed by atoms with Crippen molar-refractivity contribution in [3.63, 3.8) is 0 Å². The fraction of sp³-hybridized carbons (Fsp3) is 0.167. The van der Waals surface area contributed by atoms with Gasteiger partial charge in [0.05, 0.1) is 12.5 Å². The standard InChI is InChI=1S/C6H8N2O4S/c1-13(10,11)8-7-6(9)5-3-2-4-12-5/h2-4,8H,1H3,(H,7,9). The fourth-order valence-corrected chi connectivity index (χ4v) is 0.886. The van der Waals surface area contributed by atoms with E-state index in [2.05, 4.69) is 0 Å². The molecule has 0 aliphatic rings. The van der Waals surface area contributed by atoms with E-state index in [1.807, 2.05) is 10.3 Å². The molecule has 1 heterocycles. The first-order valence-corrected chi connectivity index (χ1v) is 5.19. The SMILES string of the molecule is CS(=O)(=O)NNC(=O)c1ccco1.